The van der Waals surface area contributed by atoms with Crippen molar-refractivity contribution in [3.8, 4) is 28.7 Å². The number of H-pyrrole nitrogens is 2. The lowest BCUT2D eigenvalue weighted by atomic mass is 9.85. The van der Waals surface area contributed by atoms with Gasteiger partial charge in [0.1, 0.15) is 11.9 Å². The van der Waals surface area contributed by atoms with Gasteiger partial charge in [-0.05, 0) is 56.2 Å². The second-order valence-electron chi connectivity index (χ2n) is 8.67. The van der Waals surface area contributed by atoms with E-state index in [9.17, 15) is 9.59 Å². The molecule has 1 aliphatic rings. The highest BCUT2D eigenvalue weighted by Crippen LogP contribution is 2.29. The number of aromatic amines is 2. The van der Waals surface area contributed by atoms with Crippen LogP contribution < -0.4 is 10.3 Å². The number of rotatable bonds is 6. The molecule has 0 aromatic carbocycles. The molecule has 0 saturated heterocycles. The third-order valence-electron chi connectivity index (χ3n) is 6.19. The molecule has 4 heterocycles. The first-order chi connectivity index (χ1) is 16.4. The quantitative estimate of drug-likeness (QED) is 0.396. The number of nitrogens with zero attached hydrogens (tertiary/aromatic N) is 4. The summed E-state index contributed by atoms with van der Waals surface area (Å²) in [4.78, 5) is 46.0. The van der Waals surface area contributed by atoms with Gasteiger partial charge in [-0.1, -0.05) is 0 Å². The molecular weight excluding hydrogens is 436 g/mol. The van der Waals surface area contributed by atoms with E-state index >= 15 is 0 Å². The van der Waals surface area contributed by atoms with Crippen molar-refractivity contribution in [1.29, 1.82) is 0 Å². The van der Waals surface area contributed by atoms with E-state index in [2.05, 4.69) is 29.9 Å². The summed E-state index contributed by atoms with van der Waals surface area (Å²) in [6.07, 6.45) is 8.63. The van der Waals surface area contributed by atoms with Crippen molar-refractivity contribution in [2.24, 2.45) is 5.92 Å². The number of carboxylic acid groups (broad SMARTS) is 1. The van der Waals surface area contributed by atoms with Gasteiger partial charge >= 0.3 is 12.0 Å². The maximum Gasteiger partial charge on any atom is 0.316 e. The zero-order valence-corrected chi connectivity index (χ0v) is 18.6. The maximum atomic E-state index is 11.5. The van der Waals surface area contributed by atoms with Crippen molar-refractivity contribution in [1.82, 2.24) is 29.9 Å². The van der Waals surface area contributed by atoms with Gasteiger partial charge in [0.25, 0.3) is 0 Å². The summed E-state index contributed by atoms with van der Waals surface area (Å²) < 4.78 is 5.91. The Bertz CT molecular complexity index is 1390. The van der Waals surface area contributed by atoms with Crippen LogP contribution in [0.15, 0.2) is 41.6 Å². The Hall–Kier alpha value is -4.08. The van der Waals surface area contributed by atoms with Gasteiger partial charge in [0.2, 0.25) is 5.56 Å². The number of carbonyl (C=O) groups is 1. The van der Waals surface area contributed by atoms with Crippen LogP contribution >= 0.6 is 0 Å². The first kappa shape index (κ1) is 21.7. The molecule has 10 heteroatoms. The molecule has 0 bridgehead atoms. The van der Waals surface area contributed by atoms with Gasteiger partial charge in [0.15, 0.2) is 5.65 Å². The largest absolute Gasteiger partial charge is 0.481 e. The molecule has 3 N–H and O–H groups in total. The fourth-order valence-corrected chi connectivity index (χ4v) is 4.37. The van der Waals surface area contributed by atoms with Crippen LogP contribution in [0.5, 0.6) is 6.01 Å². The summed E-state index contributed by atoms with van der Waals surface area (Å²) in [5, 5.41) is 8.94. The normalized spacial score (nSPS) is 18.1. The number of aliphatic carboxylic acids is 1. The Morgan fingerprint density at radius 1 is 1.09 bits per heavy atom. The maximum absolute atomic E-state index is 11.5. The van der Waals surface area contributed by atoms with Crippen LogP contribution in [0, 0.1) is 12.8 Å². The Morgan fingerprint density at radius 3 is 2.56 bits per heavy atom. The molecule has 4 aromatic rings. The molecule has 0 radical (unpaired) electrons. The minimum absolute atomic E-state index is 0.00861. The second-order valence-corrected chi connectivity index (χ2v) is 8.67. The molecule has 0 spiro atoms. The van der Waals surface area contributed by atoms with Crippen molar-refractivity contribution < 1.29 is 14.6 Å². The number of carboxylic acids is 1. The number of hydrogen-bond acceptors (Lipinski definition) is 7. The number of imidazole rings is 1. The van der Waals surface area contributed by atoms with Gasteiger partial charge in [-0.25, -0.2) is 15.0 Å². The van der Waals surface area contributed by atoms with Gasteiger partial charge in [0.05, 0.1) is 11.2 Å². The highest BCUT2D eigenvalue weighted by Gasteiger charge is 2.24. The molecule has 4 aromatic heterocycles. The molecule has 10 nitrogen and oxygen atoms in total. The van der Waals surface area contributed by atoms with Crippen molar-refractivity contribution in [3.63, 3.8) is 0 Å². The standard InChI is InChI=1S/C24H24N6O4/c1-13-8-19(25-12-17(13)22-28-18-6-7-20(31)29-23(18)30-22)15-10-26-24(27-11-15)34-16-4-2-14(3-5-16)9-21(32)33/h6-8,10-12,14,16H,2-5,9H2,1H3,(H,32,33)(H2,28,29,30,31). The molecule has 0 amide bonds. The Balaban J connectivity index is 1.27. The van der Waals surface area contributed by atoms with Crippen molar-refractivity contribution >= 4 is 17.1 Å². The third kappa shape index (κ3) is 4.66. The van der Waals surface area contributed by atoms with Crippen LogP contribution in [0.4, 0.5) is 0 Å². The van der Waals surface area contributed by atoms with Crippen LogP contribution in [0.1, 0.15) is 37.7 Å². The van der Waals surface area contributed by atoms with Gasteiger partial charge in [-0.3, -0.25) is 14.6 Å². The SMILES string of the molecule is Cc1cc(-c2cnc(OC3CCC(CC(=O)O)CC3)nc2)ncc1-c1nc2[nH]c(=O)ccc2[nH]1. The number of pyridine rings is 2. The second kappa shape index (κ2) is 9.05. The van der Waals surface area contributed by atoms with E-state index in [1.807, 2.05) is 13.0 Å². The van der Waals surface area contributed by atoms with Gasteiger partial charge in [0, 0.05) is 42.2 Å². The number of hydrogen-bond donors (Lipinski definition) is 3. The van der Waals surface area contributed by atoms with Crippen molar-refractivity contribution in [2.45, 2.75) is 45.1 Å². The molecule has 34 heavy (non-hydrogen) atoms. The number of fused-ring (bicyclic) bond motifs is 1. The Morgan fingerprint density at radius 2 is 1.85 bits per heavy atom. The fraction of sp³-hybridized carbons (Fsp3) is 0.333. The number of aryl methyl sites for hydroxylation is 1. The van der Waals surface area contributed by atoms with Crippen molar-refractivity contribution in [2.75, 3.05) is 0 Å². The lowest BCUT2D eigenvalue weighted by Crippen LogP contribution is -2.25. The first-order valence-corrected chi connectivity index (χ1v) is 11.2. The van der Waals surface area contributed by atoms with Crippen LogP contribution in [0.3, 0.4) is 0 Å². The molecule has 0 aliphatic heterocycles. The highest BCUT2D eigenvalue weighted by molar-refractivity contribution is 5.77. The Labute approximate surface area is 194 Å². The smallest absolute Gasteiger partial charge is 0.316 e. The number of nitrogens with one attached hydrogen (secondary N) is 2. The zero-order chi connectivity index (χ0) is 23.7. The molecular formula is C24H24N6O4. The zero-order valence-electron chi connectivity index (χ0n) is 18.6. The average molecular weight is 460 g/mol. The number of aromatic nitrogens is 6. The molecule has 0 unspecified atom stereocenters. The lowest BCUT2D eigenvalue weighted by Gasteiger charge is -2.27. The molecule has 0 atom stereocenters. The van der Waals surface area contributed by atoms with E-state index in [1.165, 1.54) is 6.07 Å². The van der Waals surface area contributed by atoms with E-state index in [-0.39, 0.29) is 24.0 Å². The number of ether oxygens (including phenoxy) is 1. The van der Waals surface area contributed by atoms with Gasteiger partial charge < -0.3 is 19.8 Å². The van der Waals surface area contributed by atoms with E-state index in [0.717, 1.165) is 53.6 Å². The predicted molar refractivity (Wildman–Crippen MR) is 124 cm³/mol. The molecule has 5 rings (SSSR count). The highest BCUT2D eigenvalue weighted by atomic mass is 16.5. The van der Waals surface area contributed by atoms with Crippen LogP contribution in [0.25, 0.3) is 33.8 Å². The van der Waals surface area contributed by atoms with Gasteiger partial charge in [-0.2, -0.15) is 0 Å². The van der Waals surface area contributed by atoms with Crippen LogP contribution in [-0.2, 0) is 4.79 Å². The van der Waals surface area contributed by atoms with Gasteiger partial charge in [-0.15, -0.1) is 0 Å². The first-order valence-electron chi connectivity index (χ1n) is 11.2. The van der Waals surface area contributed by atoms with Crippen LogP contribution in [-0.4, -0.2) is 47.1 Å². The molecule has 174 valence electrons. The fourth-order valence-electron chi connectivity index (χ4n) is 4.37. The van der Waals surface area contributed by atoms with E-state index < -0.39 is 5.97 Å². The summed E-state index contributed by atoms with van der Waals surface area (Å²) in [5.41, 5.74) is 4.34. The lowest BCUT2D eigenvalue weighted by molar-refractivity contribution is -0.138. The predicted octanol–water partition coefficient (Wildman–Crippen LogP) is 3.49. The molecule has 1 saturated carbocycles. The molecule has 1 fully saturated rings. The van der Waals surface area contributed by atoms with E-state index in [4.69, 9.17) is 9.84 Å². The minimum Gasteiger partial charge on any atom is -0.481 e. The summed E-state index contributed by atoms with van der Waals surface area (Å²) in [6.45, 7) is 1.97. The average Bonchev–Trinajstić information content (AvgIpc) is 3.23. The summed E-state index contributed by atoms with van der Waals surface area (Å²) in [5.74, 6) is 0.111. The van der Waals surface area contributed by atoms with Crippen LogP contribution in [0.2, 0.25) is 0 Å². The topological polar surface area (TPSA) is 147 Å². The van der Waals surface area contributed by atoms with Crippen molar-refractivity contribution in [3.05, 3.63) is 52.7 Å². The van der Waals surface area contributed by atoms with E-state index in [0.29, 0.717) is 17.5 Å². The van der Waals surface area contributed by atoms with E-state index in [1.54, 1.807) is 24.7 Å². The molecule has 1 aliphatic carbocycles. The monoisotopic (exact) mass is 460 g/mol. The summed E-state index contributed by atoms with van der Waals surface area (Å²) >= 11 is 0. The summed E-state index contributed by atoms with van der Waals surface area (Å²) in [6, 6.07) is 5.41. The third-order valence-corrected chi connectivity index (χ3v) is 6.19. The Kier molecular flexibility index (Phi) is 5.79. The minimum atomic E-state index is -0.742. The summed E-state index contributed by atoms with van der Waals surface area (Å²) in [7, 11) is 0.